The third-order valence-corrected chi connectivity index (χ3v) is 2.75. The van der Waals surface area contributed by atoms with Crippen LogP contribution in [0.25, 0.3) is 0 Å². The Kier molecular flexibility index (Phi) is 4.08. The van der Waals surface area contributed by atoms with Gasteiger partial charge < -0.3 is 9.47 Å². The smallest absolute Gasteiger partial charge is 0.312 e. The first-order chi connectivity index (χ1) is 7.10. The summed E-state index contributed by atoms with van der Waals surface area (Å²) >= 11 is 3.33. The van der Waals surface area contributed by atoms with Crippen molar-refractivity contribution in [1.82, 2.24) is 4.98 Å². The van der Waals surface area contributed by atoms with Crippen molar-refractivity contribution >= 4 is 21.9 Å². The molecule has 0 saturated heterocycles. The Hall–Kier alpha value is -1.10. The average Bonchev–Trinajstić information content (AvgIpc) is 2.27. The van der Waals surface area contributed by atoms with Crippen LogP contribution in [0.1, 0.15) is 18.4 Å². The number of carbonyl (C=O) groups is 1. The molecule has 82 valence electrons. The molecular formula is C10H12BrNO3. The summed E-state index contributed by atoms with van der Waals surface area (Å²) in [7, 11) is 2.90. The first-order valence-electron chi connectivity index (χ1n) is 4.37. The van der Waals surface area contributed by atoms with E-state index in [4.69, 9.17) is 4.74 Å². The van der Waals surface area contributed by atoms with Crippen LogP contribution in [0.3, 0.4) is 0 Å². The van der Waals surface area contributed by atoms with Crippen LogP contribution >= 0.6 is 15.9 Å². The van der Waals surface area contributed by atoms with E-state index in [0.717, 1.165) is 10.0 Å². The largest absolute Gasteiger partial charge is 0.481 e. The Bertz CT molecular complexity index is 368. The molecule has 15 heavy (non-hydrogen) atoms. The van der Waals surface area contributed by atoms with Gasteiger partial charge in [0.1, 0.15) is 0 Å². The number of pyridine rings is 1. The number of hydrogen-bond donors (Lipinski definition) is 0. The topological polar surface area (TPSA) is 48.4 Å². The SMILES string of the molecule is COC(=O)C(C)c1cc(OC)ncc1Br. The standard InChI is InChI=1S/C10H12BrNO3/c1-6(10(13)15-3)7-4-9(14-2)12-5-8(7)11/h4-6H,1-3H3. The van der Waals surface area contributed by atoms with Gasteiger partial charge in [0.05, 0.1) is 20.1 Å². The first-order valence-corrected chi connectivity index (χ1v) is 5.16. The molecule has 1 atom stereocenters. The number of nitrogens with zero attached hydrogens (tertiary/aromatic N) is 1. The predicted octanol–water partition coefficient (Wildman–Crippen LogP) is 2.13. The molecule has 1 heterocycles. The van der Waals surface area contributed by atoms with Gasteiger partial charge in [-0.15, -0.1) is 0 Å². The van der Waals surface area contributed by atoms with Gasteiger partial charge >= 0.3 is 5.97 Å². The minimum absolute atomic E-state index is 0.288. The Morgan fingerprint density at radius 3 is 2.73 bits per heavy atom. The van der Waals surface area contributed by atoms with E-state index >= 15 is 0 Å². The third kappa shape index (κ3) is 2.68. The van der Waals surface area contributed by atoms with Crippen LogP contribution in [0.5, 0.6) is 5.88 Å². The fourth-order valence-electron chi connectivity index (χ4n) is 1.18. The summed E-state index contributed by atoms with van der Waals surface area (Å²) in [6.07, 6.45) is 1.60. The molecule has 0 bridgehead atoms. The summed E-state index contributed by atoms with van der Waals surface area (Å²) in [4.78, 5) is 15.4. The maximum Gasteiger partial charge on any atom is 0.312 e. The molecule has 1 unspecified atom stereocenters. The van der Waals surface area contributed by atoms with E-state index in [0.29, 0.717) is 5.88 Å². The Labute approximate surface area is 96.7 Å². The van der Waals surface area contributed by atoms with Gasteiger partial charge in [0, 0.05) is 16.7 Å². The van der Waals surface area contributed by atoms with Gasteiger partial charge in [-0.3, -0.25) is 4.79 Å². The molecule has 1 aromatic rings. The van der Waals surface area contributed by atoms with E-state index in [1.165, 1.54) is 14.2 Å². The van der Waals surface area contributed by atoms with Crippen LogP contribution in [0.4, 0.5) is 0 Å². The molecule has 0 fully saturated rings. The first kappa shape index (κ1) is 12.0. The number of hydrogen-bond acceptors (Lipinski definition) is 4. The van der Waals surface area contributed by atoms with Gasteiger partial charge in [-0.05, 0) is 28.4 Å². The third-order valence-electron chi connectivity index (χ3n) is 2.09. The second-order valence-corrected chi connectivity index (χ2v) is 3.85. The molecule has 0 aliphatic heterocycles. The van der Waals surface area contributed by atoms with Crippen LogP contribution in [-0.2, 0) is 9.53 Å². The van der Waals surface area contributed by atoms with E-state index in [1.807, 2.05) is 0 Å². The zero-order valence-electron chi connectivity index (χ0n) is 8.78. The lowest BCUT2D eigenvalue weighted by Crippen LogP contribution is -2.11. The quantitative estimate of drug-likeness (QED) is 0.792. The van der Waals surface area contributed by atoms with Crippen LogP contribution in [0.15, 0.2) is 16.7 Å². The van der Waals surface area contributed by atoms with E-state index in [1.54, 1.807) is 19.2 Å². The predicted molar refractivity (Wildman–Crippen MR) is 58.9 cm³/mol. The highest BCUT2D eigenvalue weighted by Gasteiger charge is 2.19. The summed E-state index contributed by atoms with van der Waals surface area (Å²) < 4.78 is 10.4. The zero-order valence-corrected chi connectivity index (χ0v) is 10.4. The molecule has 0 amide bonds. The van der Waals surface area contributed by atoms with E-state index in [2.05, 4.69) is 25.7 Å². The average molecular weight is 274 g/mol. The normalized spacial score (nSPS) is 12.0. The minimum atomic E-state index is -0.346. The summed E-state index contributed by atoms with van der Waals surface area (Å²) in [5.41, 5.74) is 0.800. The molecule has 0 spiro atoms. The lowest BCUT2D eigenvalue weighted by molar-refractivity contribution is -0.142. The molecule has 5 heteroatoms. The lowest BCUT2D eigenvalue weighted by atomic mass is 10.0. The molecule has 1 rings (SSSR count). The molecule has 0 saturated carbocycles. The number of carbonyl (C=O) groups excluding carboxylic acids is 1. The van der Waals surface area contributed by atoms with Gasteiger partial charge in [-0.1, -0.05) is 0 Å². The van der Waals surface area contributed by atoms with Crippen LogP contribution < -0.4 is 4.74 Å². The van der Waals surface area contributed by atoms with Crippen molar-refractivity contribution in [3.05, 3.63) is 22.3 Å². The van der Waals surface area contributed by atoms with Gasteiger partial charge in [0.2, 0.25) is 5.88 Å². The fourth-order valence-corrected chi connectivity index (χ4v) is 1.74. The maximum absolute atomic E-state index is 11.4. The summed E-state index contributed by atoms with van der Waals surface area (Å²) in [5.74, 6) is -0.158. The number of halogens is 1. The number of aromatic nitrogens is 1. The van der Waals surface area contributed by atoms with Crippen molar-refractivity contribution in [3.8, 4) is 5.88 Å². The summed E-state index contributed by atoms with van der Waals surface area (Å²) in [6, 6.07) is 1.71. The van der Waals surface area contributed by atoms with Crippen molar-refractivity contribution in [1.29, 1.82) is 0 Å². The highest BCUT2D eigenvalue weighted by molar-refractivity contribution is 9.10. The highest BCUT2D eigenvalue weighted by atomic mass is 79.9. The number of esters is 1. The zero-order chi connectivity index (χ0) is 11.4. The Morgan fingerprint density at radius 1 is 1.53 bits per heavy atom. The van der Waals surface area contributed by atoms with Crippen molar-refractivity contribution in [2.24, 2.45) is 0 Å². The molecule has 0 aromatic carbocycles. The summed E-state index contributed by atoms with van der Waals surface area (Å²) in [6.45, 7) is 1.77. The van der Waals surface area contributed by atoms with Crippen molar-refractivity contribution < 1.29 is 14.3 Å². The maximum atomic E-state index is 11.4. The summed E-state index contributed by atoms with van der Waals surface area (Å²) in [5, 5.41) is 0. The van der Waals surface area contributed by atoms with E-state index in [9.17, 15) is 4.79 Å². The number of rotatable bonds is 3. The van der Waals surface area contributed by atoms with Gasteiger partial charge in [0.25, 0.3) is 0 Å². The molecule has 0 aliphatic carbocycles. The molecule has 4 nitrogen and oxygen atoms in total. The Balaban J connectivity index is 3.06. The fraction of sp³-hybridized carbons (Fsp3) is 0.400. The number of ether oxygens (including phenoxy) is 2. The second kappa shape index (κ2) is 5.11. The van der Waals surface area contributed by atoms with Crippen molar-refractivity contribution in [2.75, 3.05) is 14.2 Å². The second-order valence-electron chi connectivity index (χ2n) is 2.99. The van der Waals surface area contributed by atoms with E-state index in [-0.39, 0.29) is 11.9 Å². The minimum Gasteiger partial charge on any atom is -0.481 e. The van der Waals surface area contributed by atoms with Crippen molar-refractivity contribution in [2.45, 2.75) is 12.8 Å². The monoisotopic (exact) mass is 273 g/mol. The van der Waals surface area contributed by atoms with Gasteiger partial charge in [0.15, 0.2) is 0 Å². The molecular weight excluding hydrogens is 262 g/mol. The van der Waals surface area contributed by atoms with Crippen LogP contribution in [0, 0.1) is 0 Å². The molecule has 0 radical (unpaired) electrons. The molecule has 0 N–H and O–H groups in total. The highest BCUT2D eigenvalue weighted by Crippen LogP contribution is 2.27. The van der Waals surface area contributed by atoms with E-state index < -0.39 is 0 Å². The molecule has 0 aliphatic rings. The van der Waals surface area contributed by atoms with Gasteiger partial charge in [-0.2, -0.15) is 0 Å². The lowest BCUT2D eigenvalue weighted by Gasteiger charge is -2.12. The van der Waals surface area contributed by atoms with Gasteiger partial charge in [-0.25, -0.2) is 4.98 Å². The number of methoxy groups -OCH3 is 2. The van der Waals surface area contributed by atoms with Crippen LogP contribution in [-0.4, -0.2) is 25.2 Å². The van der Waals surface area contributed by atoms with Crippen molar-refractivity contribution in [3.63, 3.8) is 0 Å². The molecule has 1 aromatic heterocycles. The Morgan fingerprint density at radius 2 is 2.20 bits per heavy atom. The van der Waals surface area contributed by atoms with Crippen LogP contribution in [0.2, 0.25) is 0 Å².